The van der Waals surface area contributed by atoms with E-state index in [4.69, 9.17) is 20.8 Å². The average Bonchev–Trinajstić information content (AvgIpc) is 2.86. The monoisotopic (exact) mass is 311 g/mol. The molecule has 0 unspecified atom stereocenters. The highest BCUT2D eigenvalue weighted by molar-refractivity contribution is 6.30. The third kappa shape index (κ3) is 3.82. The van der Waals surface area contributed by atoms with E-state index in [1.165, 1.54) is 24.5 Å². The van der Waals surface area contributed by atoms with E-state index in [0.717, 1.165) is 6.07 Å². The topological polar surface area (TPSA) is 68.5 Å². The standard InChI is InChI=1S/C14H11ClFNO4/c1-8-10(4-5-20-8)14(19)21-7-13(18)17-12-6-9(15)2-3-11(12)16/h2-6H,7H2,1H3,(H,17,18). The predicted molar refractivity (Wildman–Crippen MR) is 73.8 cm³/mol. The number of esters is 1. The minimum atomic E-state index is -0.692. The molecule has 2 aromatic rings. The SMILES string of the molecule is Cc1occc1C(=O)OCC(=O)Nc1cc(Cl)ccc1F. The second kappa shape index (κ2) is 6.41. The van der Waals surface area contributed by atoms with E-state index in [0.29, 0.717) is 5.76 Å². The largest absolute Gasteiger partial charge is 0.469 e. The summed E-state index contributed by atoms with van der Waals surface area (Å²) in [7, 11) is 0. The van der Waals surface area contributed by atoms with Crippen LogP contribution in [-0.4, -0.2) is 18.5 Å². The van der Waals surface area contributed by atoms with E-state index >= 15 is 0 Å². The quantitative estimate of drug-likeness (QED) is 0.881. The lowest BCUT2D eigenvalue weighted by atomic mass is 10.3. The minimum absolute atomic E-state index is 0.0805. The number of aryl methyl sites for hydroxylation is 1. The average molecular weight is 312 g/mol. The molecule has 7 heteroatoms. The van der Waals surface area contributed by atoms with Crippen LogP contribution in [0.2, 0.25) is 5.02 Å². The molecule has 1 heterocycles. The van der Waals surface area contributed by atoms with Gasteiger partial charge in [-0.2, -0.15) is 0 Å². The predicted octanol–water partition coefficient (Wildman–Crippen LogP) is 3.18. The van der Waals surface area contributed by atoms with E-state index in [2.05, 4.69) is 5.32 Å². The van der Waals surface area contributed by atoms with Crippen LogP contribution in [0.1, 0.15) is 16.1 Å². The number of amides is 1. The first-order chi connectivity index (χ1) is 9.97. The van der Waals surface area contributed by atoms with Crippen molar-refractivity contribution in [2.75, 3.05) is 11.9 Å². The Bertz CT molecular complexity index is 683. The first-order valence-corrected chi connectivity index (χ1v) is 6.31. The molecule has 0 bridgehead atoms. The number of nitrogens with one attached hydrogen (secondary N) is 1. The van der Waals surface area contributed by atoms with Crippen molar-refractivity contribution in [3.63, 3.8) is 0 Å². The molecule has 0 saturated carbocycles. The van der Waals surface area contributed by atoms with Gasteiger partial charge in [0.25, 0.3) is 5.91 Å². The van der Waals surface area contributed by atoms with Crippen LogP contribution in [0.5, 0.6) is 0 Å². The van der Waals surface area contributed by atoms with Crippen molar-refractivity contribution in [3.8, 4) is 0 Å². The molecule has 5 nitrogen and oxygen atoms in total. The van der Waals surface area contributed by atoms with Crippen LogP contribution in [0.4, 0.5) is 10.1 Å². The van der Waals surface area contributed by atoms with E-state index in [1.807, 2.05) is 0 Å². The van der Waals surface area contributed by atoms with Crippen LogP contribution in [0.15, 0.2) is 34.9 Å². The number of carbonyl (C=O) groups excluding carboxylic acids is 2. The van der Waals surface area contributed by atoms with Crippen LogP contribution in [0.3, 0.4) is 0 Å². The molecule has 0 aliphatic rings. The molecule has 110 valence electrons. The van der Waals surface area contributed by atoms with Gasteiger partial charge in [-0.25, -0.2) is 9.18 Å². The molecule has 0 radical (unpaired) electrons. The van der Waals surface area contributed by atoms with Gasteiger partial charge in [0, 0.05) is 5.02 Å². The normalized spacial score (nSPS) is 10.2. The molecule has 1 aromatic heterocycles. The smallest absolute Gasteiger partial charge is 0.342 e. The summed E-state index contributed by atoms with van der Waals surface area (Å²) in [6, 6.07) is 5.18. The van der Waals surface area contributed by atoms with Crippen molar-refractivity contribution < 1.29 is 23.1 Å². The maximum atomic E-state index is 13.4. The van der Waals surface area contributed by atoms with Gasteiger partial charge in [-0.3, -0.25) is 4.79 Å². The number of rotatable bonds is 4. The lowest BCUT2D eigenvalue weighted by Crippen LogP contribution is -2.21. The second-order valence-electron chi connectivity index (χ2n) is 4.14. The number of carbonyl (C=O) groups is 2. The van der Waals surface area contributed by atoms with Gasteiger partial charge < -0.3 is 14.5 Å². The lowest BCUT2D eigenvalue weighted by Gasteiger charge is -2.07. The van der Waals surface area contributed by atoms with Crippen LogP contribution < -0.4 is 5.32 Å². The third-order valence-electron chi connectivity index (χ3n) is 2.62. The Labute approximate surface area is 124 Å². The van der Waals surface area contributed by atoms with E-state index in [1.54, 1.807) is 6.92 Å². The summed E-state index contributed by atoms with van der Waals surface area (Å²) < 4.78 is 23.2. The second-order valence-corrected chi connectivity index (χ2v) is 4.58. The fourth-order valence-corrected chi connectivity index (χ4v) is 1.76. The third-order valence-corrected chi connectivity index (χ3v) is 2.85. The zero-order valence-corrected chi connectivity index (χ0v) is 11.7. The molecule has 0 saturated heterocycles. The highest BCUT2D eigenvalue weighted by Crippen LogP contribution is 2.19. The highest BCUT2D eigenvalue weighted by atomic mass is 35.5. The maximum absolute atomic E-state index is 13.4. The van der Waals surface area contributed by atoms with Gasteiger partial charge in [0.1, 0.15) is 17.1 Å². The fraction of sp³-hybridized carbons (Fsp3) is 0.143. The molecule has 1 N–H and O–H groups in total. The summed E-state index contributed by atoms with van der Waals surface area (Å²) in [5, 5.41) is 2.54. The summed E-state index contributed by atoms with van der Waals surface area (Å²) in [4.78, 5) is 23.3. The van der Waals surface area contributed by atoms with Crippen LogP contribution in [0, 0.1) is 12.7 Å². The fourth-order valence-electron chi connectivity index (χ4n) is 1.59. The minimum Gasteiger partial charge on any atom is -0.469 e. The summed E-state index contributed by atoms with van der Waals surface area (Å²) in [5.74, 6) is -1.61. The van der Waals surface area contributed by atoms with E-state index in [9.17, 15) is 14.0 Å². The van der Waals surface area contributed by atoms with Gasteiger partial charge in [0.15, 0.2) is 6.61 Å². The Balaban J connectivity index is 1.92. The molecule has 0 atom stereocenters. The van der Waals surface area contributed by atoms with Crippen LogP contribution >= 0.6 is 11.6 Å². The number of hydrogen-bond donors (Lipinski definition) is 1. The number of anilines is 1. The summed E-state index contributed by atoms with van der Waals surface area (Å²) >= 11 is 5.70. The number of hydrogen-bond acceptors (Lipinski definition) is 4. The number of benzene rings is 1. The first-order valence-electron chi connectivity index (χ1n) is 5.93. The molecule has 2 rings (SSSR count). The van der Waals surface area contributed by atoms with Crippen LogP contribution in [-0.2, 0) is 9.53 Å². The Morgan fingerprint density at radius 1 is 1.38 bits per heavy atom. The Kier molecular flexibility index (Phi) is 4.59. The van der Waals surface area contributed by atoms with Crippen molar-refractivity contribution in [1.82, 2.24) is 0 Å². The molecule has 0 fully saturated rings. The number of halogens is 2. The zero-order chi connectivity index (χ0) is 15.4. The van der Waals surface area contributed by atoms with Crippen molar-refractivity contribution in [2.24, 2.45) is 0 Å². The van der Waals surface area contributed by atoms with Gasteiger partial charge in [-0.15, -0.1) is 0 Å². The van der Waals surface area contributed by atoms with Crippen molar-refractivity contribution in [2.45, 2.75) is 6.92 Å². The van der Waals surface area contributed by atoms with Gasteiger partial charge >= 0.3 is 5.97 Å². The number of ether oxygens (including phenoxy) is 1. The maximum Gasteiger partial charge on any atom is 0.342 e. The van der Waals surface area contributed by atoms with Crippen molar-refractivity contribution in [3.05, 3.63) is 52.7 Å². The highest BCUT2D eigenvalue weighted by Gasteiger charge is 2.15. The first kappa shape index (κ1) is 15.1. The zero-order valence-electron chi connectivity index (χ0n) is 11.0. The molecule has 21 heavy (non-hydrogen) atoms. The van der Waals surface area contributed by atoms with E-state index in [-0.39, 0.29) is 16.3 Å². The number of furan rings is 1. The molecular formula is C14H11ClFNO4. The van der Waals surface area contributed by atoms with Gasteiger partial charge in [-0.1, -0.05) is 11.6 Å². The summed E-state index contributed by atoms with van der Waals surface area (Å²) in [6.45, 7) is 1.05. The summed E-state index contributed by atoms with van der Waals surface area (Å²) in [5.41, 5.74) is 0.153. The Morgan fingerprint density at radius 2 is 2.14 bits per heavy atom. The van der Waals surface area contributed by atoms with Gasteiger partial charge in [-0.05, 0) is 31.2 Å². The molecule has 0 aliphatic carbocycles. The van der Waals surface area contributed by atoms with Gasteiger partial charge in [0.05, 0.1) is 12.0 Å². The Morgan fingerprint density at radius 3 is 2.81 bits per heavy atom. The van der Waals surface area contributed by atoms with Gasteiger partial charge in [0.2, 0.25) is 0 Å². The summed E-state index contributed by atoms with van der Waals surface area (Å²) in [6.07, 6.45) is 1.34. The molecule has 0 spiro atoms. The molecule has 1 aromatic carbocycles. The van der Waals surface area contributed by atoms with E-state index < -0.39 is 24.3 Å². The molecule has 1 amide bonds. The van der Waals surface area contributed by atoms with Crippen molar-refractivity contribution >= 4 is 29.2 Å². The van der Waals surface area contributed by atoms with Crippen LogP contribution in [0.25, 0.3) is 0 Å². The molecule has 0 aliphatic heterocycles. The lowest BCUT2D eigenvalue weighted by molar-refractivity contribution is -0.119. The molecular weight excluding hydrogens is 301 g/mol. The Hall–Kier alpha value is -2.34. The van der Waals surface area contributed by atoms with Crippen molar-refractivity contribution in [1.29, 1.82) is 0 Å².